The number of benzene rings is 1. The van der Waals surface area contributed by atoms with E-state index in [1.54, 1.807) is 6.92 Å². The van der Waals surface area contributed by atoms with E-state index in [1.165, 1.54) is 5.56 Å². The lowest BCUT2D eigenvalue weighted by Gasteiger charge is -2.07. The van der Waals surface area contributed by atoms with E-state index < -0.39 is 0 Å². The Bertz CT molecular complexity index is 455. The quantitative estimate of drug-likeness (QED) is 0.803. The summed E-state index contributed by atoms with van der Waals surface area (Å²) in [5.41, 5.74) is 3.13. The zero-order valence-electron chi connectivity index (χ0n) is 11.8. The highest BCUT2D eigenvalue weighted by atomic mass is 16.5. The third-order valence-electron chi connectivity index (χ3n) is 2.88. The second-order valence-electron chi connectivity index (χ2n) is 4.51. The van der Waals surface area contributed by atoms with Crippen LogP contribution in [0.1, 0.15) is 37.3 Å². The first-order chi connectivity index (χ1) is 9.02. The number of rotatable bonds is 6. The van der Waals surface area contributed by atoms with Gasteiger partial charge in [-0.15, -0.1) is 0 Å². The highest BCUT2D eigenvalue weighted by molar-refractivity contribution is 5.91. The molecule has 0 spiro atoms. The molecule has 0 unspecified atom stereocenters. The Kier molecular flexibility index (Phi) is 6.06. The summed E-state index contributed by atoms with van der Waals surface area (Å²) in [6.07, 6.45) is 1.12. The number of ether oxygens (including phenoxy) is 1. The maximum atomic E-state index is 11.7. The minimum absolute atomic E-state index is 0.0763. The summed E-state index contributed by atoms with van der Waals surface area (Å²) in [5, 5.41) is 2.82. The van der Waals surface area contributed by atoms with Gasteiger partial charge in [-0.2, -0.15) is 0 Å². The van der Waals surface area contributed by atoms with E-state index >= 15 is 0 Å². The fourth-order valence-electron chi connectivity index (χ4n) is 1.67. The van der Waals surface area contributed by atoms with Crippen molar-refractivity contribution in [3.63, 3.8) is 0 Å². The molecule has 4 nitrogen and oxygen atoms in total. The van der Waals surface area contributed by atoms with Crippen molar-refractivity contribution in [3.8, 4) is 0 Å². The summed E-state index contributed by atoms with van der Waals surface area (Å²) in [6.45, 7) is 6.18. The Morgan fingerprint density at radius 3 is 2.53 bits per heavy atom. The molecule has 0 heterocycles. The van der Waals surface area contributed by atoms with Gasteiger partial charge in [-0.1, -0.05) is 6.07 Å². The summed E-state index contributed by atoms with van der Waals surface area (Å²) < 4.78 is 4.80. The van der Waals surface area contributed by atoms with Crippen LogP contribution < -0.4 is 5.32 Å². The van der Waals surface area contributed by atoms with Gasteiger partial charge in [-0.25, -0.2) is 0 Å². The normalized spacial score (nSPS) is 10.1. The lowest BCUT2D eigenvalue weighted by Crippen LogP contribution is -2.12. The molecule has 1 amide bonds. The molecule has 0 aliphatic rings. The minimum Gasteiger partial charge on any atom is -0.466 e. The first-order valence-electron chi connectivity index (χ1n) is 6.55. The summed E-state index contributed by atoms with van der Waals surface area (Å²) in [5.74, 6) is -0.325. The Labute approximate surface area is 114 Å². The fraction of sp³-hybridized carbons (Fsp3) is 0.467. The van der Waals surface area contributed by atoms with Crippen LogP contribution in [-0.4, -0.2) is 18.5 Å². The van der Waals surface area contributed by atoms with E-state index in [2.05, 4.69) is 5.32 Å². The Morgan fingerprint density at radius 2 is 1.89 bits per heavy atom. The van der Waals surface area contributed by atoms with Crippen LogP contribution in [0.15, 0.2) is 18.2 Å². The topological polar surface area (TPSA) is 55.4 Å². The molecule has 0 saturated carbocycles. The van der Waals surface area contributed by atoms with Crippen LogP contribution in [-0.2, 0) is 14.3 Å². The smallest absolute Gasteiger partial charge is 0.305 e. The fourth-order valence-corrected chi connectivity index (χ4v) is 1.67. The lowest BCUT2D eigenvalue weighted by molar-refractivity contribution is -0.143. The molecule has 4 heteroatoms. The average Bonchev–Trinajstić information content (AvgIpc) is 2.34. The number of aryl methyl sites for hydroxylation is 2. The van der Waals surface area contributed by atoms with Crippen LogP contribution >= 0.6 is 0 Å². The van der Waals surface area contributed by atoms with Crippen molar-refractivity contribution in [2.45, 2.75) is 40.0 Å². The van der Waals surface area contributed by atoms with Crippen LogP contribution in [0, 0.1) is 13.8 Å². The second kappa shape index (κ2) is 7.56. The summed E-state index contributed by atoms with van der Waals surface area (Å²) in [7, 11) is 0. The van der Waals surface area contributed by atoms with Gasteiger partial charge < -0.3 is 10.1 Å². The highest BCUT2D eigenvalue weighted by Crippen LogP contribution is 2.14. The molecular weight excluding hydrogens is 242 g/mol. The number of amides is 1. The number of carbonyl (C=O) groups is 2. The third-order valence-corrected chi connectivity index (χ3v) is 2.88. The first kappa shape index (κ1) is 15.2. The van der Waals surface area contributed by atoms with Crippen molar-refractivity contribution >= 4 is 17.6 Å². The van der Waals surface area contributed by atoms with Gasteiger partial charge in [0.05, 0.1) is 6.61 Å². The molecule has 1 rings (SSSR count). The van der Waals surface area contributed by atoms with E-state index in [-0.39, 0.29) is 18.3 Å². The number of esters is 1. The number of hydrogen-bond donors (Lipinski definition) is 1. The maximum absolute atomic E-state index is 11.7. The van der Waals surface area contributed by atoms with Gasteiger partial charge in [0.2, 0.25) is 5.91 Å². The molecule has 0 radical (unpaired) electrons. The van der Waals surface area contributed by atoms with Crippen molar-refractivity contribution in [1.29, 1.82) is 0 Å². The summed E-state index contributed by atoms with van der Waals surface area (Å²) in [4.78, 5) is 22.8. The molecule has 0 aliphatic carbocycles. The maximum Gasteiger partial charge on any atom is 0.305 e. The molecule has 1 N–H and O–H groups in total. The molecule has 0 bridgehead atoms. The lowest BCUT2D eigenvalue weighted by atomic mass is 10.1. The molecule has 1 aromatic carbocycles. The second-order valence-corrected chi connectivity index (χ2v) is 4.51. The SMILES string of the molecule is CCOC(=O)CCCC(=O)Nc1ccc(C)c(C)c1. The molecule has 104 valence electrons. The van der Waals surface area contributed by atoms with Gasteiger partial charge in [0.15, 0.2) is 0 Å². The Balaban J connectivity index is 2.35. The van der Waals surface area contributed by atoms with Gasteiger partial charge >= 0.3 is 5.97 Å². The number of nitrogens with one attached hydrogen (secondary N) is 1. The van der Waals surface area contributed by atoms with Crippen LogP contribution in [0.25, 0.3) is 0 Å². The zero-order valence-corrected chi connectivity index (χ0v) is 11.8. The van der Waals surface area contributed by atoms with Crippen molar-refractivity contribution in [2.75, 3.05) is 11.9 Å². The van der Waals surface area contributed by atoms with Gasteiger partial charge in [0.1, 0.15) is 0 Å². The average molecular weight is 263 g/mol. The molecule has 0 saturated heterocycles. The molecule has 0 aliphatic heterocycles. The van der Waals surface area contributed by atoms with E-state index in [4.69, 9.17) is 4.74 Å². The standard InChI is InChI=1S/C15H21NO3/c1-4-19-15(18)7-5-6-14(17)16-13-9-8-11(2)12(3)10-13/h8-10H,4-7H2,1-3H3,(H,16,17). The molecule has 0 fully saturated rings. The van der Waals surface area contributed by atoms with Crippen molar-refractivity contribution < 1.29 is 14.3 Å². The van der Waals surface area contributed by atoms with Crippen LogP contribution in [0.4, 0.5) is 5.69 Å². The largest absolute Gasteiger partial charge is 0.466 e. The third kappa shape index (κ3) is 5.55. The van der Waals surface area contributed by atoms with Crippen LogP contribution in [0.2, 0.25) is 0 Å². The van der Waals surface area contributed by atoms with Gasteiger partial charge in [0, 0.05) is 18.5 Å². The van der Waals surface area contributed by atoms with E-state index in [0.717, 1.165) is 11.3 Å². The summed E-state index contributed by atoms with van der Waals surface area (Å²) in [6, 6.07) is 5.80. The van der Waals surface area contributed by atoms with Gasteiger partial charge in [-0.3, -0.25) is 9.59 Å². The Hall–Kier alpha value is -1.84. The van der Waals surface area contributed by atoms with E-state index in [1.807, 2.05) is 32.0 Å². The molecule has 1 aromatic rings. The van der Waals surface area contributed by atoms with Gasteiger partial charge in [-0.05, 0) is 50.5 Å². The molecule has 19 heavy (non-hydrogen) atoms. The Morgan fingerprint density at radius 1 is 1.16 bits per heavy atom. The predicted octanol–water partition coefficient (Wildman–Crippen LogP) is 2.98. The number of anilines is 1. The molecule has 0 aromatic heterocycles. The molecular formula is C15H21NO3. The van der Waals surface area contributed by atoms with Crippen LogP contribution in [0.3, 0.4) is 0 Å². The monoisotopic (exact) mass is 263 g/mol. The van der Waals surface area contributed by atoms with Gasteiger partial charge in [0.25, 0.3) is 0 Å². The van der Waals surface area contributed by atoms with E-state index in [9.17, 15) is 9.59 Å². The zero-order chi connectivity index (χ0) is 14.3. The van der Waals surface area contributed by atoms with Crippen molar-refractivity contribution in [3.05, 3.63) is 29.3 Å². The molecule has 0 atom stereocenters. The predicted molar refractivity (Wildman–Crippen MR) is 75.0 cm³/mol. The number of hydrogen-bond acceptors (Lipinski definition) is 3. The number of carbonyl (C=O) groups excluding carboxylic acids is 2. The summed E-state index contributed by atoms with van der Waals surface area (Å²) >= 11 is 0. The van der Waals surface area contributed by atoms with Crippen molar-refractivity contribution in [1.82, 2.24) is 0 Å². The van der Waals surface area contributed by atoms with Crippen LogP contribution in [0.5, 0.6) is 0 Å². The first-order valence-corrected chi connectivity index (χ1v) is 6.55. The highest BCUT2D eigenvalue weighted by Gasteiger charge is 2.06. The van der Waals surface area contributed by atoms with E-state index in [0.29, 0.717) is 19.4 Å². The minimum atomic E-state index is -0.249. The van der Waals surface area contributed by atoms with Crippen molar-refractivity contribution in [2.24, 2.45) is 0 Å².